The number of rotatable bonds is 4. The van der Waals surface area contributed by atoms with Gasteiger partial charge in [0.15, 0.2) is 0 Å². The number of nitro groups is 1. The van der Waals surface area contributed by atoms with Crippen molar-refractivity contribution < 1.29 is 22.4 Å². The first kappa shape index (κ1) is 13.4. The molecule has 1 aromatic rings. The van der Waals surface area contributed by atoms with Crippen LogP contribution < -0.4 is 5.48 Å². The van der Waals surface area contributed by atoms with Crippen molar-refractivity contribution in [3.05, 3.63) is 39.9 Å². The van der Waals surface area contributed by atoms with Gasteiger partial charge in [-0.2, -0.15) is 8.42 Å². The number of carbonyl (C=O) groups is 1. The van der Waals surface area contributed by atoms with E-state index in [4.69, 9.17) is 0 Å². The second-order valence-corrected chi connectivity index (χ2v) is 4.80. The Hall–Kier alpha value is -1.71. The van der Waals surface area contributed by atoms with Crippen molar-refractivity contribution in [2.45, 2.75) is 0 Å². The lowest BCUT2D eigenvalue weighted by atomic mass is 10.2. The molecule has 0 unspecified atom stereocenters. The molecule has 0 fully saturated rings. The van der Waals surface area contributed by atoms with Gasteiger partial charge in [-0.05, 0) is 12.1 Å². The lowest BCUT2D eigenvalue weighted by Crippen LogP contribution is -2.25. The summed E-state index contributed by atoms with van der Waals surface area (Å²) in [5.41, 5.74) is 1.34. The standard InChI is InChI=1S/C7H5ClN2O6S/c8-17(14,15)16-9-7(11)5-1-3-6(4-2-5)10(12)13/h1-4H,(H,9,11). The zero-order valence-electron chi connectivity index (χ0n) is 7.99. The molecule has 10 heteroatoms. The number of hydrogen-bond donors (Lipinski definition) is 1. The van der Waals surface area contributed by atoms with Crippen LogP contribution in [0.4, 0.5) is 5.69 Å². The van der Waals surface area contributed by atoms with Crippen LogP contribution in [-0.4, -0.2) is 19.2 Å². The highest BCUT2D eigenvalue weighted by Crippen LogP contribution is 2.11. The smallest absolute Gasteiger partial charge is 0.267 e. The Balaban J connectivity index is 2.74. The van der Waals surface area contributed by atoms with Gasteiger partial charge in [0.1, 0.15) is 0 Å². The molecule has 0 spiro atoms. The second kappa shape index (κ2) is 5.08. The number of nitro benzene ring substituents is 1. The molecule has 17 heavy (non-hydrogen) atoms. The normalized spacial score (nSPS) is 10.9. The average Bonchev–Trinajstić information content (AvgIpc) is 2.25. The number of halogens is 1. The molecule has 0 atom stereocenters. The highest BCUT2D eigenvalue weighted by Gasteiger charge is 2.12. The van der Waals surface area contributed by atoms with Crippen LogP contribution in [0.15, 0.2) is 24.3 Å². The second-order valence-electron chi connectivity index (χ2n) is 2.71. The number of benzene rings is 1. The summed E-state index contributed by atoms with van der Waals surface area (Å²) in [5, 5.41) is 10.3. The summed E-state index contributed by atoms with van der Waals surface area (Å²) in [6.45, 7) is 0. The topological polar surface area (TPSA) is 116 Å². The fourth-order valence-corrected chi connectivity index (χ4v) is 1.15. The highest BCUT2D eigenvalue weighted by atomic mass is 35.7. The molecule has 0 saturated carbocycles. The quantitative estimate of drug-likeness (QED) is 0.494. The summed E-state index contributed by atoms with van der Waals surface area (Å²) in [7, 11) is 0.361. The van der Waals surface area contributed by atoms with Gasteiger partial charge >= 0.3 is 9.33 Å². The fraction of sp³-hybridized carbons (Fsp3) is 0. The van der Waals surface area contributed by atoms with Crippen LogP contribution in [0.3, 0.4) is 0 Å². The van der Waals surface area contributed by atoms with E-state index < -0.39 is 20.2 Å². The minimum Gasteiger partial charge on any atom is -0.267 e. The molecule has 1 rings (SSSR count). The maximum atomic E-state index is 11.2. The summed E-state index contributed by atoms with van der Waals surface area (Å²) >= 11 is 0. The summed E-state index contributed by atoms with van der Waals surface area (Å²) < 4.78 is 24.5. The predicted molar refractivity (Wildman–Crippen MR) is 56.4 cm³/mol. The average molecular weight is 281 g/mol. The number of non-ortho nitro benzene ring substituents is 1. The van der Waals surface area contributed by atoms with Crippen LogP contribution in [0.1, 0.15) is 10.4 Å². The molecule has 1 N–H and O–H groups in total. The number of nitrogens with zero attached hydrogens (tertiary/aromatic N) is 1. The summed E-state index contributed by atoms with van der Waals surface area (Å²) in [4.78, 5) is 20.9. The van der Waals surface area contributed by atoms with E-state index in [2.05, 4.69) is 15.0 Å². The van der Waals surface area contributed by atoms with Crippen LogP contribution in [0, 0.1) is 10.1 Å². The van der Waals surface area contributed by atoms with Crippen molar-refractivity contribution >= 4 is 31.6 Å². The SMILES string of the molecule is O=C(NOS(=O)(=O)Cl)c1ccc([N+](=O)[O-])cc1. The summed E-state index contributed by atoms with van der Waals surface area (Å²) in [6, 6.07) is 4.45. The largest absolute Gasteiger partial charge is 0.376 e. The summed E-state index contributed by atoms with van der Waals surface area (Å²) in [5.74, 6) is -0.899. The Kier molecular flexibility index (Phi) is 3.99. The minimum atomic E-state index is -4.32. The number of hydrogen-bond acceptors (Lipinski definition) is 6. The van der Waals surface area contributed by atoms with E-state index in [9.17, 15) is 23.3 Å². The van der Waals surface area contributed by atoms with Gasteiger partial charge in [-0.3, -0.25) is 14.9 Å². The van der Waals surface area contributed by atoms with Crippen molar-refractivity contribution in [2.24, 2.45) is 0 Å². The molecule has 0 aliphatic rings. The van der Waals surface area contributed by atoms with E-state index >= 15 is 0 Å². The van der Waals surface area contributed by atoms with Gasteiger partial charge in [0.05, 0.1) is 15.6 Å². The molecule has 0 radical (unpaired) electrons. The van der Waals surface area contributed by atoms with Crippen molar-refractivity contribution in [1.29, 1.82) is 0 Å². The zero-order valence-corrected chi connectivity index (χ0v) is 9.56. The summed E-state index contributed by atoms with van der Waals surface area (Å²) in [6.07, 6.45) is 0. The minimum absolute atomic E-state index is 0.0177. The van der Waals surface area contributed by atoms with E-state index in [1.54, 1.807) is 5.48 Å². The van der Waals surface area contributed by atoms with Crippen LogP contribution in [-0.2, 0) is 13.6 Å². The van der Waals surface area contributed by atoms with Crippen molar-refractivity contribution in [2.75, 3.05) is 0 Å². The lowest BCUT2D eigenvalue weighted by molar-refractivity contribution is -0.384. The first-order chi connectivity index (χ1) is 7.79. The molecule has 8 nitrogen and oxygen atoms in total. The van der Waals surface area contributed by atoms with E-state index in [0.717, 1.165) is 24.3 Å². The number of amides is 1. The zero-order chi connectivity index (χ0) is 13.1. The number of hydroxylamine groups is 1. The molecular formula is C7H5ClN2O6S. The third-order valence-corrected chi connectivity index (χ3v) is 2.05. The fourth-order valence-electron chi connectivity index (χ4n) is 0.881. The van der Waals surface area contributed by atoms with Gasteiger partial charge in [0, 0.05) is 17.7 Å². The van der Waals surface area contributed by atoms with Crippen molar-refractivity contribution in [3.8, 4) is 0 Å². The molecular weight excluding hydrogens is 276 g/mol. The van der Waals surface area contributed by atoms with Gasteiger partial charge in [-0.15, -0.1) is 4.28 Å². The number of carbonyl (C=O) groups excluding carboxylic acids is 1. The van der Waals surface area contributed by atoms with E-state index in [1.165, 1.54) is 0 Å². The monoisotopic (exact) mass is 280 g/mol. The Morgan fingerprint density at radius 2 is 1.88 bits per heavy atom. The van der Waals surface area contributed by atoms with Crippen LogP contribution in [0.5, 0.6) is 0 Å². The Bertz CT molecular complexity index is 540. The first-order valence-corrected chi connectivity index (χ1v) is 6.21. The molecule has 1 amide bonds. The van der Waals surface area contributed by atoms with Crippen molar-refractivity contribution in [3.63, 3.8) is 0 Å². The van der Waals surface area contributed by atoms with E-state index in [0.29, 0.717) is 0 Å². The first-order valence-electron chi connectivity index (χ1n) is 3.97. The van der Waals surface area contributed by atoms with Gasteiger partial charge in [-0.25, -0.2) is 5.48 Å². The van der Waals surface area contributed by atoms with Crippen LogP contribution in [0.25, 0.3) is 0 Å². The Morgan fingerprint density at radius 3 is 2.29 bits per heavy atom. The van der Waals surface area contributed by atoms with E-state index in [-0.39, 0.29) is 11.3 Å². The molecule has 0 heterocycles. The van der Waals surface area contributed by atoms with Crippen LogP contribution in [0.2, 0.25) is 0 Å². The van der Waals surface area contributed by atoms with Gasteiger partial charge in [-0.1, -0.05) is 0 Å². The molecule has 0 aliphatic carbocycles. The van der Waals surface area contributed by atoms with Gasteiger partial charge < -0.3 is 0 Å². The molecule has 0 aromatic heterocycles. The predicted octanol–water partition coefficient (Wildman–Crippen LogP) is 0.740. The maximum absolute atomic E-state index is 11.2. The highest BCUT2D eigenvalue weighted by molar-refractivity contribution is 8.09. The molecule has 0 bridgehead atoms. The third-order valence-electron chi connectivity index (χ3n) is 1.57. The Labute approximate surface area is 99.9 Å². The third kappa shape index (κ3) is 4.34. The van der Waals surface area contributed by atoms with Crippen molar-refractivity contribution in [1.82, 2.24) is 5.48 Å². The lowest BCUT2D eigenvalue weighted by Gasteiger charge is -2.01. The molecule has 92 valence electrons. The number of nitrogens with one attached hydrogen (secondary N) is 1. The molecule has 0 aliphatic heterocycles. The Morgan fingerprint density at radius 1 is 1.35 bits per heavy atom. The molecule has 0 saturated heterocycles. The van der Waals surface area contributed by atoms with Crippen LogP contribution >= 0.6 is 10.7 Å². The molecule has 1 aromatic carbocycles. The van der Waals surface area contributed by atoms with Gasteiger partial charge in [0.25, 0.3) is 11.6 Å². The van der Waals surface area contributed by atoms with Gasteiger partial charge in [0.2, 0.25) is 0 Å². The maximum Gasteiger partial charge on any atom is 0.376 e. The van der Waals surface area contributed by atoms with E-state index in [1.807, 2.05) is 0 Å².